The Kier molecular flexibility index (Phi) is 4.90. The van der Waals surface area contributed by atoms with E-state index in [-0.39, 0.29) is 24.5 Å². The minimum Gasteiger partial charge on any atom is -0.481 e. The van der Waals surface area contributed by atoms with Gasteiger partial charge in [-0.3, -0.25) is 4.90 Å². The number of nitrogens with zero attached hydrogens (tertiary/aromatic N) is 1. The summed E-state index contributed by atoms with van der Waals surface area (Å²) in [7, 11) is 0. The molecular weight excluding hydrogens is 341 g/mol. The van der Waals surface area contributed by atoms with Crippen molar-refractivity contribution in [3.05, 3.63) is 65.5 Å². The highest BCUT2D eigenvalue weighted by atomic mass is 19.1. The molecular formula is C23H24FNO2. The van der Waals surface area contributed by atoms with E-state index in [1.54, 1.807) is 18.2 Å². The topological polar surface area (TPSA) is 32.7 Å². The Balaban J connectivity index is 1.54. The maximum absolute atomic E-state index is 14.3. The Morgan fingerprint density at radius 2 is 1.78 bits per heavy atom. The lowest BCUT2D eigenvalue weighted by Gasteiger charge is -2.44. The molecule has 2 saturated heterocycles. The summed E-state index contributed by atoms with van der Waals surface area (Å²) in [5, 5.41) is 11.2. The van der Waals surface area contributed by atoms with Crippen LogP contribution in [0.1, 0.15) is 36.8 Å². The lowest BCUT2D eigenvalue weighted by Crippen LogP contribution is -2.49. The van der Waals surface area contributed by atoms with Crippen LogP contribution >= 0.6 is 0 Å². The summed E-state index contributed by atoms with van der Waals surface area (Å²) < 4.78 is 20.0. The number of rotatable bonds is 5. The second-order valence-electron chi connectivity index (χ2n) is 7.58. The van der Waals surface area contributed by atoms with Gasteiger partial charge in [0.05, 0.1) is 5.60 Å². The third-order valence-corrected chi connectivity index (χ3v) is 5.93. The van der Waals surface area contributed by atoms with Crippen molar-refractivity contribution in [1.82, 2.24) is 4.90 Å². The van der Waals surface area contributed by atoms with Crippen LogP contribution in [-0.4, -0.2) is 28.7 Å². The van der Waals surface area contributed by atoms with Crippen LogP contribution in [0, 0.1) is 18.2 Å². The zero-order valence-electron chi connectivity index (χ0n) is 15.3. The number of halogens is 1. The maximum Gasteiger partial charge on any atom is 0.148 e. The minimum absolute atomic E-state index is 0.231. The number of aliphatic hydroxyl groups is 1. The fourth-order valence-corrected chi connectivity index (χ4v) is 4.72. The Bertz CT molecular complexity index is 845. The number of terminal acetylenes is 1. The van der Waals surface area contributed by atoms with E-state index in [2.05, 4.69) is 16.9 Å². The average Bonchev–Trinajstić information content (AvgIpc) is 2.91. The maximum atomic E-state index is 14.3. The number of benzene rings is 2. The van der Waals surface area contributed by atoms with Crippen LogP contribution in [0.2, 0.25) is 0 Å². The summed E-state index contributed by atoms with van der Waals surface area (Å²) >= 11 is 0. The van der Waals surface area contributed by atoms with E-state index in [0.717, 1.165) is 30.7 Å². The molecule has 0 spiro atoms. The molecule has 2 aromatic carbocycles. The van der Waals surface area contributed by atoms with Gasteiger partial charge in [-0.25, -0.2) is 4.39 Å². The van der Waals surface area contributed by atoms with Crippen LogP contribution in [0.4, 0.5) is 4.39 Å². The Morgan fingerprint density at radius 3 is 2.48 bits per heavy atom. The van der Waals surface area contributed by atoms with Crippen molar-refractivity contribution in [3.63, 3.8) is 0 Å². The highest BCUT2D eigenvalue weighted by Gasteiger charge is 2.49. The Hall–Kier alpha value is -2.35. The quantitative estimate of drug-likeness (QED) is 0.817. The summed E-state index contributed by atoms with van der Waals surface area (Å²) in [6.45, 7) is 1.00. The molecule has 2 aliphatic heterocycles. The molecule has 1 N–H and O–H groups in total. The molecule has 0 radical (unpaired) electrons. The molecule has 0 aliphatic carbocycles. The van der Waals surface area contributed by atoms with Crippen molar-refractivity contribution in [2.45, 2.75) is 49.9 Å². The van der Waals surface area contributed by atoms with Crippen LogP contribution in [0.5, 0.6) is 5.75 Å². The van der Waals surface area contributed by atoms with Gasteiger partial charge >= 0.3 is 0 Å². The molecule has 4 rings (SSSR count). The zero-order chi connectivity index (χ0) is 18.9. The van der Waals surface area contributed by atoms with Crippen molar-refractivity contribution in [2.24, 2.45) is 0 Å². The lowest BCUT2D eigenvalue weighted by atomic mass is 9.80. The van der Waals surface area contributed by atoms with Crippen molar-refractivity contribution < 1.29 is 14.2 Å². The van der Waals surface area contributed by atoms with Crippen LogP contribution in [0.15, 0.2) is 48.5 Å². The van der Waals surface area contributed by atoms with Crippen molar-refractivity contribution in [3.8, 4) is 18.1 Å². The van der Waals surface area contributed by atoms with Gasteiger partial charge in [0.1, 0.15) is 18.2 Å². The predicted molar refractivity (Wildman–Crippen MR) is 103 cm³/mol. The van der Waals surface area contributed by atoms with E-state index in [9.17, 15) is 9.50 Å². The van der Waals surface area contributed by atoms with Crippen molar-refractivity contribution in [1.29, 1.82) is 0 Å². The summed E-state index contributed by atoms with van der Waals surface area (Å²) in [6, 6.07) is 15.0. The van der Waals surface area contributed by atoms with Crippen LogP contribution in [0.3, 0.4) is 0 Å². The van der Waals surface area contributed by atoms with Gasteiger partial charge in [-0.1, -0.05) is 42.3 Å². The van der Waals surface area contributed by atoms with Gasteiger partial charge in [0.25, 0.3) is 0 Å². The number of piperidine rings is 1. The fraction of sp³-hybridized carbons (Fsp3) is 0.391. The molecule has 0 saturated carbocycles. The van der Waals surface area contributed by atoms with Gasteiger partial charge in [0, 0.05) is 29.8 Å². The Morgan fingerprint density at radius 1 is 1.11 bits per heavy atom. The predicted octanol–water partition coefficient (Wildman–Crippen LogP) is 3.85. The summed E-state index contributed by atoms with van der Waals surface area (Å²) in [5.74, 6) is 3.00. The molecule has 1 unspecified atom stereocenters. The molecule has 3 nitrogen and oxygen atoms in total. The molecule has 2 heterocycles. The van der Waals surface area contributed by atoms with E-state index >= 15 is 0 Å². The molecule has 2 aromatic rings. The summed E-state index contributed by atoms with van der Waals surface area (Å²) in [6.07, 6.45) is 8.47. The lowest BCUT2D eigenvalue weighted by molar-refractivity contribution is -0.0616. The first-order valence-electron chi connectivity index (χ1n) is 9.48. The molecule has 2 fully saturated rings. The van der Waals surface area contributed by atoms with E-state index in [0.29, 0.717) is 18.4 Å². The molecule has 0 aromatic heterocycles. The normalized spacial score (nSPS) is 27.3. The number of para-hydroxylation sites is 1. The highest BCUT2D eigenvalue weighted by molar-refractivity contribution is 5.34. The second kappa shape index (κ2) is 7.34. The summed E-state index contributed by atoms with van der Waals surface area (Å²) in [4.78, 5) is 2.44. The number of fused-ring (bicyclic) bond motifs is 2. The minimum atomic E-state index is -1.09. The molecule has 2 aliphatic rings. The molecule has 27 heavy (non-hydrogen) atoms. The summed E-state index contributed by atoms with van der Waals surface area (Å²) in [5.41, 5.74) is 0.438. The highest BCUT2D eigenvalue weighted by Crippen LogP contribution is 2.47. The van der Waals surface area contributed by atoms with Crippen molar-refractivity contribution >= 4 is 0 Å². The van der Waals surface area contributed by atoms with Crippen LogP contribution in [-0.2, 0) is 12.1 Å². The standard InChI is InChI=1S/C23H24FNO2/c1-2-13-27-22-10-6-3-7-17(22)16-25-18-11-12-19(25)15-23(26,14-18)20-8-4-5-9-21(20)24/h1,3-10,18-19,26H,11-16H2/t18-,19+,23?. The van der Waals surface area contributed by atoms with Gasteiger partial charge in [0.2, 0.25) is 0 Å². The van der Waals surface area contributed by atoms with Gasteiger partial charge in [-0.15, -0.1) is 6.42 Å². The molecule has 140 valence electrons. The molecule has 4 heteroatoms. The van der Waals surface area contributed by atoms with E-state index in [1.165, 1.54) is 6.07 Å². The Labute approximate surface area is 159 Å². The average molecular weight is 365 g/mol. The SMILES string of the molecule is C#CCOc1ccccc1CN1[C@@H]2CC[C@H]1CC(O)(c1ccccc1F)C2. The third-order valence-electron chi connectivity index (χ3n) is 5.93. The monoisotopic (exact) mass is 365 g/mol. The number of hydrogen-bond acceptors (Lipinski definition) is 3. The third kappa shape index (κ3) is 3.45. The van der Waals surface area contributed by atoms with Gasteiger partial charge in [-0.2, -0.15) is 0 Å². The fourth-order valence-electron chi connectivity index (χ4n) is 4.72. The number of ether oxygens (including phenoxy) is 1. The van der Waals surface area contributed by atoms with E-state index in [1.807, 2.05) is 18.2 Å². The first kappa shape index (κ1) is 18.0. The molecule has 0 amide bonds. The zero-order valence-corrected chi connectivity index (χ0v) is 15.3. The van der Waals surface area contributed by atoms with Gasteiger partial charge in [-0.05, 0) is 37.8 Å². The smallest absolute Gasteiger partial charge is 0.148 e. The van der Waals surface area contributed by atoms with Gasteiger partial charge < -0.3 is 9.84 Å². The van der Waals surface area contributed by atoms with Crippen molar-refractivity contribution in [2.75, 3.05) is 6.61 Å². The first-order chi connectivity index (χ1) is 13.1. The second-order valence-corrected chi connectivity index (χ2v) is 7.58. The van der Waals surface area contributed by atoms with Crippen LogP contribution in [0.25, 0.3) is 0 Å². The molecule has 3 atom stereocenters. The molecule has 2 bridgehead atoms. The van der Waals surface area contributed by atoms with Crippen LogP contribution < -0.4 is 4.74 Å². The van der Waals surface area contributed by atoms with E-state index in [4.69, 9.17) is 11.2 Å². The number of hydrogen-bond donors (Lipinski definition) is 1. The first-order valence-corrected chi connectivity index (χ1v) is 9.48. The van der Waals surface area contributed by atoms with E-state index < -0.39 is 5.60 Å². The largest absolute Gasteiger partial charge is 0.481 e. The van der Waals surface area contributed by atoms with Gasteiger partial charge in [0.15, 0.2) is 0 Å².